The maximum atomic E-state index is 13.6. The Kier molecular flexibility index (Phi) is 3.46. The molecule has 1 aliphatic carbocycles. The van der Waals surface area contributed by atoms with Crippen LogP contribution < -0.4 is 0 Å². The molecule has 1 aromatic heterocycles. The number of pyridine rings is 1. The van der Waals surface area contributed by atoms with Gasteiger partial charge in [-0.05, 0) is 59.3 Å². The van der Waals surface area contributed by atoms with Crippen molar-refractivity contribution in [3.63, 3.8) is 0 Å². The van der Waals surface area contributed by atoms with Gasteiger partial charge in [0.15, 0.2) is 0 Å². The molecule has 3 nitrogen and oxygen atoms in total. The fourth-order valence-electron chi connectivity index (χ4n) is 2.87. The van der Waals surface area contributed by atoms with Crippen LogP contribution in [0.4, 0.5) is 4.39 Å². The minimum absolute atomic E-state index is 0.215. The Bertz CT molecular complexity index is 715. The van der Waals surface area contributed by atoms with E-state index in [2.05, 4.69) is 20.9 Å². The highest BCUT2D eigenvalue weighted by atomic mass is 79.9. The van der Waals surface area contributed by atoms with E-state index in [1.54, 1.807) is 0 Å². The summed E-state index contributed by atoms with van der Waals surface area (Å²) in [6.07, 6.45) is 4.53. The van der Waals surface area contributed by atoms with Crippen LogP contribution >= 0.6 is 15.9 Å². The number of rotatable bonds is 1. The maximum Gasteiger partial charge on any atom is 0.336 e. The summed E-state index contributed by atoms with van der Waals surface area (Å²) in [6.45, 7) is 0. The van der Waals surface area contributed by atoms with Gasteiger partial charge in [0.05, 0.1) is 11.1 Å². The highest BCUT2D eigenvalue weighted by molar-refractivity contribution is 9.10. The van der Waals surface area contributed by atoms with Crippen LogP contribution in [0.5, 0.6) is 0 Å². The van der Waals surface area contributed by atoms with Crippen LogP contribution in [-0.2, 0) is 12.8 Å². The molecule has 0 saturated heterocycles. The summed E-state index contributed by atoms with van der Waals surface area (Å²) in [6, 6.07) is 2.59. The Morgan fingerprint density at radius 1 is 1.25 bits per heavy atom. The van der Waals surface area contributed by atoms with Crippen molar-refractivity contribution in [3.8, 4) is 0 Å². The van der Waals surface area contributed by atoms with Gasteiger partial charge < -0.3 is 5.11 Å². The second-order valence-corrected chi connectivity index (χ2v) is 5.92. The number of benzene rings is 1. The normalized spacial score (nSPS) is 14.9. The number of hydrogen-bond donors (Lipinski definition) is 1. The van der Waals surface area contributed by atoms with E-state index in [-0.39, 0.29) is 5.56 Å². The molecule has 0 aliphatic heterocycles. The molecule has 0 atom stereocenters. The Morgan fingerprint density at radius 3 is 2.75 bits per heavy atom. The molecule has 0 unspecified atom stereocenters. The lowest BCUT2D eigenvalue weighted by molar-refractivity contribution is 0.0697. The van der Waals surface area contributed by atoms with Crippen LogP contribution in [0.1, 0.15) is 40.9 Å². The maximum absolute atomic E-state index is 13.6. The molecule has 0 bridgehead atoms. The van der Waals surface area contributed by atoms with Gasteiger partial charge in [-0.25, -0.2) is 9.18 Å². The Hall–Kier alpha value is -1.49. The van der Waals surface area contributed by atoms with Crippen LogP contribution in [0.2, 0.25) is 0 Å². The minimum atomic E-state index is -1.01. The first-order chi connectivity index (χ1) is 9.58. The van der Waals surface area contributed by atoms with E-state index in [0.29, 0.717) is 21.8 Å². The second-order valence-electron chi connectivity index (χ2n) is 5.06. The molecule has 3 rings (SSSR count). The smallest absolute Gasteiger partial charge is 0.336 e. The van der Waals surface area contributed by atoms with Crippen LogP contribution in [-0.4, -0.2) is 16.1 Å². The number of carbonyl (C=O) groups is 1. The van der Waals surface area contributed by atoms with Crippen molar-refractivity contribution < 1.29 is 14.3 Å². The molecule has 0 radical (unpaired) electrons. The lowest BCUT2D eigenvalue weighted by Crippen LogP contribution is -2.09. The number of aromatic nitrogens is 1. The topological polar surface area (TPSA) is 50.2 Å². The average molecular weight is 338 g/mol. The van der Waals surface area contributed by atoms with Gasteiger partial charge in [0, 0.05) is 15.6 Å². The summed E-state index contributed by atoms with van der Waals surface area (Å²) in [4.78, 5) is 16.2. The molecular formula is C15H13BrFNO2. The van der Waals surface area contributed by atoms with Gasteiger partial charge in [-0.15, -0.1) is 0 Å². The number of hydrogen-bond acceptors (Lipinski definition) is 2. The molecule has 1 aromatic carbocycles. The highest BCUT2D eigenvalue weighted by Crippen LogP contribution is 2.32. The quantitative estimate of drug-likeness (QED) is 0.797. The number of aromatic carboxylic acids is 1. The number of carboxylic acids is 1. The predicted molar refractivity (Wildman–Crippen MR) is 77.6 cm³/mol. The van der Waals surface area contributed by atoms with Crippen molar-refractivity contribution in [3.05, 3.63) is 39.2 Å². The summed E-state index contributed by atoms with van der Waals surface area (Å²) in [5.41, 5.74) is 2.37. The minimum Gasteiger partial charge on any atom is -0.478 e. The van der Waals surface area contributed by atoms with Crippen molar-refractivity contribution in [1.82, 2.24) is 4.98 Å². The first-order valence-electron chi connectivity index (χ1n) is 6.61. The standard InChI is InChI=1S/C15H13BrFNO2/c16-11-7-8(17)6-10-13(15(19)20)9-4-2-1-3-5-12(9)18-14(10)11/h6-7H,1-5H2,(H,19,20). The van der Waals surface area contributed by atoms with Gasteiger partial charge in [-0.3, -0.25) is 4.98 Å². The second kappa shape index (κ2) is 5.13. The zero-order valence-corrected chi connectivity index (χ0v) is 12.3. The van der Waals surface area contributed by atoms with Crippen molar-refractivity contribution >= 4 is 32.8 Å². The van der Waals surface area contributed by atoms with E-state index in [9.17, 15) is 14.3 Å². The van der Waals surface area contributed by atoms with E-state index >= 15 is 0 Å². The number of carboxylic acid groups (broad SMARTS) is 1. The monoisotopic (exact) mass is 337 g/mol. The SMILES string of the molecule is O=C(O)c1c2c(nc3c(Br)cc(F)cc13)CCCCC2. The summed E-state index contributed by atoms with van der Waals surface area (Å²) in [7, 11) is 0. The van der Waals surface area contributed by atoms with Gasteiger partial charge in [0.1, 0.15) is 5.82 Å². The van der Waals surface area contributed by atoms with Crippen molar-refractivity contribution in [2.75, 3.05) is 0 Å². The van der Waals surface area contributed by atoms with Crippen molar-refractivity contribution in [2.45, 2.75) is 32.1 Å². The molecule has 0 saturated carbocycles. The number of halogens is 2. The largest absolute Gasteiger partial charge is 0.478 e. The van der Waals surface area contributed by atoms with Gasteiger partial charge in [0.2, 0.25) is 0 Å². The molecule has 1 N–H and O–H groups in total. The summed E-state index contributed by atoms with van der Waals surface area (Å²) in [5.74, 6) is -1.46. The molecule has 1 heterocycles. The highest BCUT2D eigenvalue weighted by Gasteiger charge is 2.22. The van der Waals surface area contributed by atoms with E-state index in [4.69, 9.17) is 0 Å². The molecular weight excluding hydrogens is 325 g/mol. The predicted octanol–water partition coefficient (Wildman–Crippen LogP) is 4.10. The number of aryl methyl sites for hydroxylation is 1. The zero-order valence-electron chi connectivity index (χ0n) is 10.7. The van der Waals surface area contributed by atoms with Gasteiger partial charge in [0.25, 0.3) is 0 Å². The van der Waals surface area contributed by atoms with E-state index in [0.717, 1.165) is 36.9 Å². The first-order valence-corrected chi connectivity index (χ1v) is 7.41. The third-order valence-electron chi connectivity index (χ3n) is 3.75. The lowest BCUT2D eigenvalue weighted by Gasteiger charge is -2.13. The summed E-state index contributed by atoms with van der Waals surface area (Å²) in [5, 5.41) is 9.93. The van der Waals surface area contributed by atoms with Crippen molar-refractivity contribution in [2.24, 2.45) is 0 Å². The zero-order chi connectivity index (χ0) is 14.3. The van der Waals surface area contributed by atoms with Crippen LogP contribution in [0.15, 0.2) is 16.6 Å². The van der Waals surface area contributed by atoms with Gasteiger partial charge in [-0.1, -0.05) is 6.42 Å². The van der Waals surface area contributed by atoms with Crippen LogP contribution in [0.25, 0.3) is 10.9 Å². The third kappa shape index (κ3) is 2.20. The Balaban J connectivity index is 2.42. The number of fused-ring (bicyclic) bond motifs is 2. The summed E-state index contributed by atoms with van der Waals surface area (Å²) < 4.78 is 14.1. The molecule has 2 aromatic rings. The van der Waals surface area contributed by atoms with E-state index < -0.39 is 11.8 Å². The van der Waals surface area contributed by atoms with Gasteiger partial charge >= 0.3 is 5.97 Å². The summed E-state index contributed by atoms with van der Waals surface area (Å²) >= 11 is 3.28. The first kappa shape index (κ1) is 13.5. The van der Waals surface area contributed by atoms with E-state index in [1.807, 2.05) is 0 Å². The molecule has 0 fully saturated rings. The van der Waals surface area contributed by atoms with Gasteiger partial charge in [-0.2, -0.15) is 0 Å². The lowest BCUT2D eigenvalue weighted by atomic mass is 9.97. The fraction of sp³-hybridized carbons (Fsp3) is 0.333. The molecule has 20 heavy (non-hydrogen) atoms. The van der Waals surface area contributed by atoms with Crippen LogP contribution in [0.3, 0.4) is 0 Å². The van der Waals surface area contributed by atoms with Crippen LogP contribution in [0, 0.1) is 5.82 Å². The molecule has 104 valence electrons. The van der Waals surface area contributed by atoms with E-state index in [1.165, 1.54) is 12.1 Å². The fourth-order valence-corrected chi connectivity index (χ4v) is 3.39. The molecule has 0 amide bonds. The molecule has 0 spiro atoms. The van der Waals surface area contributed by atoms with Crippen molar-refractivity contribution in [1.29, 1.82) is 0 Å². The molecule has 1 aliphatic rings. The Morgan fingerprint density at radius 2 is 2.00 bits per heavy atom. The average Bonchev–Trinajstić information content (AvgIpc) is 2.60. The number of nitrogens with zero attached hydrogens (tertiary/aromatic N) is 1. The molecule has 5 heteroatoms. The Labute approximate surface area is 124 Å². The third-order valence-corrected chi connectivity index (χ3v) is 4.35.